The molecular weight excluding hydrogens is 1270 g/mol. The molecule has 0 radical (unpaired) electrons. The van der Waals surface area contributed by atoms with Crippen LogP contribution in [-0.4, -0.2) is 96.7 Å². The van der Waals surface area contributed by atoms with Crippen molar-refractivity contribution in [1.29, 1.82) is 0 Å². The van der Waals surface area contributed by atoms with Crippen molar-refractivity contribution < 1.29 is 80.2 Å². The van der Waals surface area contributed by atoms with Gasteiger partial charge in [-0.05, 0) is 37.5 Å². The zero-order chi connectivity index (χ0) is 71.4. The first-order valence-electron chi connectivity index (χ1n) is 40.5. The number of aliphatic hydroxyl groups excluding tert-OH is 1. The second kappa shape index (κ2) is 69.8. The largest absolute Gasteiger partial charge is 0.472 e. The molecule has 19 heteroatoms. The van der Waals surface area contributed by atoms with E-state index in [0.717, 1.165) is 108 Å². The molecule has 17 nitrogen and oxygen atoms in total. The normalized spacial score (nSPS) is 14.0. The number of carbonyl (C=O) groups excluding carboxylic acids is 4. The van der Waals surface area contributed by atoms with E-state index in [1.165, 1.54) is 218 Å². The third kappa shape index (κ3) is 72.2. The Labute approximate surface area is 594 Å². The number of phosphoric acid groups is 2. The number of ether oxygens (including phenoxy) is 4. The Morgan fingerprint density at radius 1 is 0.278 bits per heavy atom. The maximum absolute atomic E-state index is 13.1. The summed E-state index contributed by atoms with van der Waals surface area (Å²) in [6, 6.07) is 0. The van der Waals surface area contributed by atoms with Gasteiger partial charge < -0.3 is 33.8 Å². The van der Waals surface area contributed by atoms with Crippen LogP contribution in [0.1, 0.15) is 408 Å². The average molecular weight is 1420 g/mol. The summed E-state index contributed by atoms with van der Waals surface area (Å²) in [6.45, 7) is 9.59. The third-order valence-corrected chi connectivity index (χ3v) is 20.1. The van der Waals surface area contributed by atoms with Crippen molar-refractivity contribution in [2.45, 2.75) is 426 Å². The Balaban J connectivity index is 5.20. The van der Waals surface area contributed by atoms with Crippen LogP contribution < -0.4 is 0 Å². The maximum Gasteiger partial charge on any atom is 0.472 e. The zero-order valence-corrected chi connectivity index (χ0v) is 65.2. The lowest BCUT2D eigenvalue weighted by molar-refractivity contribution is -0.161. The van der Waals surface area contributed by atoms with Gasteiger partial charge in [0.05, 0.1) is 26.4 Å². The molecule has 0 aliphatic rings. The Hall–Kier alpha value is -1.94. The fraction of sp³-hybridized carbons (Fsp3) is 0.949. The first-order valence-corrected chi connectivity index (χ1v) is 43.5. The highest BCUT2D eigenvalue weighted by Gasteiger charge is 2.30. The molecule has 0 saturated heterocycles. The van der Waals surface area contributed by atoms with Gasteiger partial charge >= 0.3 is 39.5 Å². The van der Waals surface area contributed by atoms with E-state index in [2.05, 4.69) is 41.5 Å². The van der Waals surface area contributed by atoms with Gasteiger partial charge in [-0.3, -0.25) is 37.3 Å². The van der Waals surface area contributed by atoms with Crippen molar-refractivity contribution in [2.24, 2.45) is 11.8 Å². The van der Waals surface area contributed by atoms with Crippen LogP contribution in [0.25, 0.3) is 0 Å². The summed E-state index contributed by atoms with van der Waals surface area (Å²) >= 11 is 0. The summed E-state index contributed by atoms with van der Waals surface area (Å²) in [5, 5.41) is 10.6. The molecule has 0 fully saturated rings. The first-order chi connectivity index (χ1) is 46.9. The second-order valence-electron chi connectivity index (χ2n) is 29.1. The molecule has 0 aromatic rings. The first kappa shape index (κ1) is 95.1. The molecule has 576 valence electrons. The van der Waals surface area contributed by atoms with Crippen LogP contribution in [-0.2, 0) is 65.4 Å². The number of hydrogen-bond donors (Lipinski definition) is 3. The smallest absolute Gasteiger partial charge is 0.462 e. The molecule has 0 saturated carbocycles. The number of carbonyl (C=O) groups is 4. The predicted molar refractivity (Wildman–Crippen MR) is 395 cm³/mol. The number of esters is 4. The molecule has 0 aromatic carbocycles. The van der Waals surface area contributed by atoms with Crippen molar-refractivity contribution in [1.82, 2.24) is 0 Å². The van der Waals surface area contributed by atoms with Gasteiger partial charge in [0, 0.05) is 25.7 Å². The quantitative estimate of drug-likeness (QED) is 0.0222. The van der Waals surface area contributed by atoms with E-state index in [9.17, 15) is 43.2 Å². The molecule has 0 aromatic heterocycles. The van der Waals surface area contributed by atoms with Crippen molar-refractivity contribution in [3.05, 3.63) is 0 Å². The lowest BCUT2D eigenvalue weighted by Gasteiger charge is -2.21. The van der Waals surface area contributed by atoms with Gasteiger partial charge in [0.25, 0.3) is 0 Å². The Morgan fingerprint density at radius 3 is 0.701 bits per heavy atom. The molecule has 0 amide bonds. The van der Waals surface area contributed by atoms with Crippen LogP contribution in [0.4, 0.5) is 0 Å². The van der Waals surface area contributed by atoms with Crippen LogP contribution in [0, 0.1) is 11.8 Å². The highest BCUT2D eigenvalue weighted by molar-refractivity contribution is 7.47. The van der Waals surface area contributed by atoms with Gasteiger partial charge in [-0.1, -0.05) is 356 Å². The van der Waals surface area contributed by atoms with Crippen LogP contribution in [0.3, 0.4) is 0 Å². The van der Waals surface area contributed by atoms with E-state index in [1.807, 2.05) is 0 Å². The van der Waals surface area contributed by atoms with Gasteiger partial charge in [0.1, 0.15) is 19.3 Å². The molecular formula is C78H152O17P2. The Bertz CT molecular complexity index is 1870. The number of aliphatic hydroxyl groups is 1. The van der Waals surface area contributed by atoms with Crippen LogP contribution >= 0.6 is 15.6 Å². The molecule has 0 spiro atoms. The van der Waals surface area contributed by atoms with Crippen LogP contribution in [0.15, 0.2) is 0 Å². The van der Waals surface area contributed by atoms with Crippen molar-refractivity contribution in [3.8, 4) is 0 Å². The minimum absolute atomic E-state index is 0.106. The highest BCUT2D eigenvalue weighted by atomic mass is 31.2. The van der Waals surface area contributed by atoms with Gasteiger partial charge in [0.15, 0.2) is 12.2 Å². The number of rotatable bonds is 77. The molecule has 2 unspecified atom stereocenters. The van der Waals surface area contributed by atoms with Crippen molar-refractivity contribution >= 4 is 39.5 Å². The summed E-state index contributed by atoms with van der Waals surface area (Å²) in [6.07, 6.45) is 58.4. The van der Waals surface area contributed by atoms with Gasteiger partial charge in [-0.15, -0.1) is 0 Å². The van der Waals surface area contributed by atoms with E-state index in [0.29, 0.717) is 25.7 Å². The third-order valence-electron chi connectivity index (χ3n) is 18.2. The molecule has 0 aliphatic heterocycles. The van der Waals surface area contributed by atoms with E-state index in [-0.39, 0.29) is 25.7 Å². The standard InChI is InChI=1S/C78H152O17P2/c1-7-9-11-13-15-17-18-19-20-21-22-23-24-25-28-32-38-44-50-56-62-77(82)95-74(67-89-76(81)61-55-49-43-37-31-29-26-27-30-35-40-46-52-58-70(3)4)69-93-97(86,87)91-65-72(79)64-90-96(84,85)92-68-73(66-88-75(80)60-54-48-42-16-14-12-10-8-2)94-78(83)63-57-51-45-39-34-33-36-41-47-53-59-71(5)6/h70-74,79H,7-69H2,1-6H3,(H,84,85)(H,86,87)/t72-,73+,74+/m0/s1. The fourth-order valence-electron chi connectivity index (χ4n) is 12.0. The summed E-state index contributed by atoms with van der Waals surface area (Å²) < 4.78 is 68.5. The molecule has 0 heterocycles. The maximum atomic E-state index is 13.1. The average Bonchev–Trinajstić information content (AvgIpc) is 3.23. The molecule has 3 N–H and O–H groups in total. The summed E-state index contributed by atoms with van der Waals surface area (Å²) in [4.78, 5) is 72.8. The zero-order valence-electron chi connectivity index (χ0n) is 63.4. The minimum Gasteiger partial charge on any atom is -0.462 e. The number of hydrogen-bond acceptors (Lipinski definition) is 15. The summed E-state index contributed by atoms with van der Waals surface area (Å²) in [5.74, 6) is -0.572. The van der Waals surface area contributed by atoms with E-state index in [4.69, 9.17) is 37.0 Å². The SMILES string of the molecule is CCCCCCCCCCCCCCCCCCCCCCC(=O)O[C@H](COC(=O)CCCCCCCCCCCCCCCC(C)C)COP(=O)(O)OC[C@@H](O)COP(=O)(O)OC[C@@H](COC(=O)CCCCCCCCCC)OC(=O)CCCCCCCCCCCCC(C)C. The topological polar surface area (TPSA) is 237 Å². The fourth-order valence-corrected chi connectivity index (χ4v) is 13.6. The Kier molecular flexibility index (Phi) is 68.4. The lowest BCUT2D eigenvalue weighted by atomic mass is 10.0. The van der Waals surface area contributed by atoms with E-state index >= 15 is 0 Å². The predicted octanol–water partition coefficient (Wildman–Crippen LogP) is 23.1. The van der Waals surface area contributed by atoms with E-state index in [1.54, 1.807) is 0 Å². The molecule has 0 aliphatic carbocycles. The number of unbranched alkanes of at least 4 members (excludes halogenated alkanes) is 47. The second-order valence-corrected chi connectivity index (χ2v) is 32.0. The Morgan fingerprint density at radius 2 is 0.474 bits per heavy atom. The molecule has 97 heavy (non-hydrogen) atoms. The van der Waals surface area contributed by atoms with E-state index < -0.39 is 97.5 Å². The van der Waals surface area contributed by atoms with Crippen LogP contribution in [0.2, 0.25) is 0 Å². The number of phosphoric ester groups is 2. The summed E-state index contributed by atoms with van der Waals surface area (Å²) in [5.41, 5.74) is 0. The highest BCUT2D eigenvalue weighted by Crippen LogP contribution is 2.45. The van der Waals surface area contributed by atoms with Gasteiger partial charge in [-0.25, -0.2) is 9.13 Å². The minimum atomic E-state index is -4.96. The molecule has 0 rings (SSSR count). The van der Waals surface area contributed by atoms with Gasteiger partial charge in [-0.2, -0.15) is 0 Å². The van der Waals surface area contributed by atoms with Crippen LogP contribution in [0.5, 0.6) is 0 Å². The lowest BCUT2D eigenvalue weighted by Crippen LogP contribution is -2.30. The molecule has 0 bridgehead atoms. The summed E-state index contributed by atoms with van der Waals surface area (Å²) in [7, 11) is -9.91. The molecule has 5 atom stereocenters. The van der Waals surface area contributed by atoms with Gasteiger partial charge in [0.2, 0.25) is 0 Å². The monoisotopic (exact) mass is 1420 g/mol. The van der Waals surface area contributed by atoms with Crippen molar-refractivity contribution in [3.63, 3.8) is 0 Å². The van der Waals surface area contributed by atoms with Crippen molar-refractivity contribution in [2.75, 3.05) is 39.6 Å².